The summed E-state index contributed by atoms with van der Waals surface area (Å²) in [5, 5.41) is 8.73. The summed E-state index contributed by atoms with van der Waals surface area (Å²) in [7, 11) is -3.71. The molecule has 0 aliphatic carbocycles. The van der Waals surface area contributed by atoms with E-state index in [0.717, 1.165) is 11.1 Å². The van der Waals surface area contributed by atoms with Gasteiger partial charge in [0, 0.05) is 5.69 Å². The topological polar surface area (TPSA) is 96.0 Å². The van der Waals surface area contributed by atoms with Crippen molar-refractivity contribution in [3.63, 3.8) is 0 Å². The first-order valence-corrected chi connectivity index (χ1v) is 7.71. The zero-order valence-corrected chi connectivity index (χ0v) is 12.5. The zero-order valence-electron chi connectivity index (χ0n) is 11.7. The Morgan fingerprint density at radius 1 is 1.10 bits per heavy atom. The number of nitrogens with zero attached hydrogens (tertiary/aromatic N) is 1. The number of rotatable bonds is 3. The van der Waals surface area contributed by atoms with Gasteiger partial charge in [0.15, 0.2) is 0 Å². The largest absolute Gasteiger partial charge is 0.398 e. The van der Waals surface area contributed by atoms with Crippen LogP contribution in [0.1, 0.15) is 16.7 Å². The molecule has 0 radical (unpaired) electrons. The van der Waals surface area contributed by atoms with Crippen molar-refractivity contribution in [1.82, 2.24) is 0 Å². The number of anilines is 2. The third kappa shape index (κ3) is 3.15. The second-order valence-corrected chi connectivity index (χ2v) is 6.45. The van der Waals surface area contributed by atoms with Crippen LogP contribution in [-0.2, 0) is 10.0 Å². The zero-order chi connectivity index (χ0) is 15.6. The molecule has 5 nitrogen and oxygen atoms in total. The molecule has 0 spiro atoms. The van der Waals surface area contributed by atoms with Crippen LogP contribution in [0.25, 0.3) is 0 Å². The molecule has 0 amide bonds. The summed E-state index contributed by atoms with van der Waals surface area (Å²) in [6.45, 7) is 3.67. The fourth-order valence-electron chi connectivity index (χ4n) is 1.89. The summed E-state index contributed by atoms with van der Waals surface area (Å²) in [5.41, 5.74) is 8.88. The summed E-state index contributed by atoms with van der Waals surface area (Å²) in [4.78, 5) is 0.0973. The molecule has 2 aromatic rings. The molecule has 6 heteroatoms. The van der Waals surface area contributed by atoms with Gasteiger partial charge in [-0.1, -0.05) is 6.07 Å². The van der Waals surface area contributed by atoms with E-state index in [-0.39, 0.29) is 4.90 Å². The van der Waals surface area contributed by atoms with E-state index < -0.39 is 10.0 Å². The molecule has 0 bridgehead atoms. The van der Waals surface area contributed by atoms with Crippen molar-refractivity contribution in [1.29, 1.82) is 5.26 Å². The highest BCUT2D eigenvalue weighted by molar-refractivity contribution is 7.92. The lowest BCUT2D eigenvalue weighted by atomic mass is 10.1. The molecule has 0 aliphatic rings. The molecule has 21 heavy (non-hydrogen) atoms. The Morgan fingerprint density at radius 2 is 1.71 bits per heavy atom. The normalized spacial score (nSPS) is 10.9. The maximum absolute atomic E-state index is 12.3. The first-order chi connectivity index (χ1) is 9.83. The van der Waals surface area contributed by atoms with E-state index in [1.807, 2.05) is 26.0 Å². The quantitative estimate of drug-likeness (QED) is 0.851. The van der Waals surface area contributed by atoms with Crippen LogP contribution in [0.2, 0.25) is 0 Å². The van der Waals surface area contributed by atoms with E-state index in [1.54, 1.807) is 6.07 Å². The van der Waals surface area contributed by atoms with E-state index in [2.05, 4.69) is 4.72 Å². The molecule has 108 valence electrons. The highest BCUT2D eigenvalue weighted by Gasteiger charge is 2.15. The van der Waals surface area contributed by atoms with E-state index in [1.165, 1.54) is 24.3 Å². The molecule has 2 aromatic carbocycles. The number of hydrogen-bond donors (Lipinski definition) is 2. The van der Waals surface area contributed by atoms with E-state index in [0.29, 0.717) is 16.9 Å². The van der Waals surface area contributed by atoms with Crippen molar-refractivity contribution in [3.8, 4) is 6.07 Å². The minimum absolute atomic E-state index is 0.0973. The minimum Gasteiger partial charge on any atom is -0.398 e. The third-order valence-corrected chi connectivity index (χ3v) is 4.53. The van der Waals surface area contributed by atoms with Crippen LogP contribution in [-0.4, -0.2) is 8.42 Å². The first-order valence-electron chi connectivity index (χ1n) is 6.23. The van der Waals surface area contributed by atoms with Crippen molar-refractivity contribution in [2.24, 2.45) is 0 Å². The van der Waals surface area contributed by atoms with E-state index in [9.17, 15) is 8.42 Å². The van der Waals surface area contributed by atoms with E-state index >= 15 is 0 Å². The molecule has 0 aromatic heterocycles. The van der Waals surface area contributed by atoms with Gasteiger partial charge in [-0.15, -0.1) is 0 Å². The Kier molecular flexibility index (Phi) is 3.87. The van der Waals surface area contributed by atoms with E-state index in [4.69, 9.17) is 11.0 Å². The number of nitrogen functional groups attached to an aromatic ring is 1. The van der Waals surface area contributed by atoms with Crippen molar-refractivity contribution in [3.05, 3.63) is 53.1 Å². The van der Waals surface area contributed by atoms with Crippen molar-refractivity contribution in [2.45, 2.75) is 18.7 Å². The standard InChI is InChI=1S/C15H15N3O2S/c1-10-7-11(2)15(8-14(10)17)18-21(19,20)13-5-3-12(9-16)4-6-13/h3-8,18H,17H2,1-2H3. The Labute approximate surface area is 124 Å². The number of nitriles is 1. The predicted octanol–water partition coefficient (Wildman–Crippen LogP) is 2.56. The number of benzene rings is 2. The summed E-state index contributed by atoms with van der Waals surface area (Å²) >= 11 is 0. The van der Waals surface area contributed by atoms with Gasteiger partial charge in [-0.3, -0.25) is 4.72 Å². The Morgan fingerprint density at radius 3 is 2.29 bits per heavy atom. The Bertz CT molecular complexity index is 819. The van der Waals surface area contributed by atoms with Crippen LogP contribution >= 0.6 is 0 Å². The molecule has 0 unspecified atom stereocenters. The molecular formula is C15H15N3O2S. The summed E-state index contributed by atoms with van der Waals surface area (Å²) in [6.07, 6.45) is 0. The fraction of sp³-hybridized carbons (Fsp3) is 0.133. The Hall–Kier alpha value is -2.52. The van der Waals surface area contributed by atoms with Crippen molar-refractivity contribution in [2.75, 3.05) is 10.5 Å². The van der Waals surface area contributed by atoms with Crippen molar-refractivity contribution < 1.29 is 8.42 Å². The van der Waals surface area contributed by atoms with Gasteiger partial charge in [0.05, 0.1) is 22.2 Å². The van der Waals surface area contributed by atoms with Crippen molar-refractivity contribution >= 4 is 21.4 Å². The molecule has 2 rings (SSSR count). The van der Waals surface area contributed by atoms with Gasteiger partial charge < -0.3 is 5.73 Å². The molecule has 0 atom stereocenters. The van der Waals surface area contributed by atoms with Crippen LogP contribution in [0.15, 0.2) is 41.3 Å². The monoisotopic (exact) mass is 301 g/mol. The lowest BCUT2D eigenvalue weighted by molar-refractivity contribution is 0.601. The lowest BCUT2D eigenvalue weighted by Crippen LogP contribution is -2.14. The average Bonchev–Trinajstić information content (AvgIpc) is 2.44. The van der Waals surface area contributed by atoms with Gasteiger partial charge in [0.1, 0.15) is 0 Å². The van der Waals surface area contributed by atoms with Gasteiger partial charge in [-0.2, -0.15) is 5.26 Å². The second-order valence-electron chi connectivity index (χ2n) is 4.77. The SMILES string of the molecule is Cc1cc(C)c(NS(=O)(=O)c2ccc(C#N)cc2)cc1N. The summed E-state index contributed by atoms with van der Waals surface area (Å²) < 4.78 is 27.1. The summed E-state index contributed by atoms with van der Waals surface area (Å²) in [5.74, 6) is 0. The number of aryl methyl sites for hydroxylation is 2. The number of nitrogens with one attached hydrogen (secondary N) is 1. The average molecular weight is 301 g/mol. The highest BCUT2D eigenvalue weighted by atomic mass is 32.2. The van der Waals surface area contributed by atoms with Crippen LogP contribution < -0.4 is 10.5 Å². The molecule has 0 aliphatic heterocycles. The third-order valence-electron chi connectivity index (χ3n) is 3.15. The van der Waals surface area contributed by atoms with Crippen LogP contribution in [0.3, 0.4) is 0 Å². The smallest absolute Gasteiger partial charge is 0.261 e. The first kappa shape index (κ1) is 14.9. The van der Waals surface area contributed by atoms with Gasteiger partial charge >= 0.3 is 0 Å². The van der Waals surface area contributed by atoms with Crippen LogP contribution in [0.4, 0.5) is 11.4 Å². The molecular weight excluding hydrogens is 286 g/mol. The molecule has 0 heterocycles. The molecule has 0 saturated carbocycles. The van der Waals surface area contributed by atoms with Gasteiger partial charge in [-0.05, 0) is 55.3 Å². The molecule has 0 saturated heterocycles. The van der Waals surface area contributed by atoms with Gasteiger partial charge in [0.2, 0.25) is 0 Å². The maximum atomic E-state index is 12.3. The number of hydrogen-bond acceptors (Lipinski definition) is 4. The van der Waals surface area contributed by atoms with Gasteiger partial charge in [-0.25, -0.2) is 8.42 Å². The number of nitrogens with two attached hydrogens (primary N) is 1. The Balaban J connectivity index is 2.37. The molecule has 3 N–H and O–H groups in total. The fourth-order valence-corrected chi connectivity index (χ4v) is 3.01. The summed E-state index contributed by atoms with van der Waals surface area (Å²) in [6, 6.07) is 11.1. The predicted molar refractivity (Wildman–Crippen MR) is 82.3 cm³/mol. The van der Waals surface area contributed by atoms with Crippen LogP contribution in [0, 0.1) is 25.2 Å². The lowest BCUT2D eigenvalue weighted by Gasteiger charge is -2.12. The van der Waals surface area contributed by atoms with Crippen LogP contribution in [0.5, 0.6) is 0 Å². The molecule has 0 fully saturated rings. The second kappa shape index (κ2) is 5.46. The minimum atomic E-state index is -3.71. The van der Waals surface area contributed by atoms with Gasteiger partial charge in [0.25, 0.3) is 10.0 Å². The maximum Gasteiger partial charge on any atom is 0.261 e. The highest BCUT2D eigenvalue weighted by Crippen LogP contribution is 2.25. The number of sulfonamides is 1.